The first kappa shape index (κ1) is 12.8. The normalized spacial score (nSPS) is 23.4. The minimum atomic E-state index is 0.242. The summed E-state index contributed by atoms with van der Waals surface area (Å²) in [5.41, 5.74) is 0. The molecule has 0 radical (unpaired) electrons. The summed E-state index contributed by atoms with van der Waals surface area (Å²) in [5.74, 6) is 0.242. The zero-order chi connectivity index (χ0) is 12.3. The van der Waals surface area contributed by atoms with Gasteiger partial charge in [-0.2, -0.15) is 0 Å². The van der Waals surface area contributed by atoms with Gasteiger partial charge in [0.15, 0.2) is 0 Å². The van der Waals surface area contributed by atoms with Crippen LogP contribution in [0.25, 0.3) is 0 Å². The monoisotopic (exact) mass is 240 g/mol. The summed E-state index contributed by atoms with van der Waals surface area (Å²) in [7, 11) is 1.87. The number of nitrogens with zero attached hydrogens (tertiary/aromatic N) is 3. The molecule has 0 unspecified atom stereocenters. The third kappa shape index (κ3) is 3.18. The number of carbonyl (C=O) groups excluding carboxylic acids is 1. The van der Waals surface area contributed by atoms with E-state index in [0.717, 1.165) is 45.8 Å². The first-order valence-electron chi connectivity index (χ1n) is 6.61. The van der Waals surface area contributed by atoms with Crippen molar-refractivity contribution < 1.29 is 4.79 Å². The second kappa shape index (κ2) is 5.80. The predicted octanol–water partition coefficient (Wildman–Crippen LogP) is -0.946. The maximum Gasteiger partial charge on any atom is 0.236 e. The van der Waals surface area contributed by atoms with Crippen molar-refractivity contribution in [2.24, 2.45) is 0 Å². The summed E-state index contributed by atoms with van der Waals surface area (Å²) in [6.45, 7) is 10.0. The van der Waals surface area contributed by atoms with E-state index in [1.165, 1.54) is 0 Å². The second-order valence-electron chi connectivity index (χ2n) is 5.04. The number of likely N-dealkylation sites (N-methyl/N-ethyl adjacent to an activating group) is 1. The molecule has 0 bridgehead atoms. The number of hydrogen-bond acceptors (Lipinski definition) is 4. The van der Waals surface area contributed by atoms with E-state index < -0.39 is 0 Å². The van der Waals surface area contributed by atoms with Crippen molar-refractivity contribution in [3.05, 3.63) is 0 Å². The molecule has 2 aliphatic rings. The number of rotatable bonds is 4. The molecule has 98 valence electrons. The molecule has 1 amide bonds. The molecule has 0 spiro atoms. The molecule has 2 heterocycles. The molecule has 1 N–H and O–H groups in total. The van der Waals surface area contributed by atoms with Gasteiger partial charge in [0.1, 0.15) is 0 Å². The van der Waals surface area contributed by atoms with Gasteiger partial charge >= 0.3 is 0 Å². The van der Waals surface area contributed by atoms with Crippen LogP contribution in [0.4, 0.5) is 0 Å². The van der Waals surface area contributed by atoms with Crippen molar-refractivity contribution in [3.8, 4) is 0 Å². The van der Waals surface area contributed by atoms with E-state index in [4.69, 9.17) is 0 Å². The van der Waals surface area contributed by atoms with E-state index in [1.807, 2.05) is 14.0 Å². The average molecular weight is 240 g/mol. The highest BCUT2D eigenvalue weighted by Crippen LogP contribution is 2.15. The molecule has 0 aromatic carbocycles. The highest BCUT2D eigenvalue weighted by atomic mass is 16.2. The molecule has 5 heteroatoms. The second-order valence-corrected chi connectivity index (χ2v) is 5.04. The Morgan fingerprint density at radius 3 is 2.59 bits per heavy atom. The van der Waals surface area contributed by atoms with Crippen LogP contribution in [0.3, 0.4) is 0 Å². The van der Waals surface area contributed by atoms with Crippen LogP contribution < -0.4 is 5.32 Å². The minimum absolute atomic E-state index is 0.242. The molecular weight excluding hydrogens is 216 g/mol. The van der Waals surface area contributed by atoms with E-state index in [0.29, 0.717) is 12.6 Å². The van der Waals surface area contributed by atoms with Crippen molar-refractivity contribution in [1.29, 1.82) is 0 Å². The molecule has 0 aromatic heterocycles. The van der Waals surface area contributed by atoms with Gasteiger partial charge in [0.05, 0.1) is 6.54 Å². The van der Waals surface area contributed by atoms with Gasteiger partial charge in [-0.1, -0.05) is 0 Å². The van der Waals surface area contributed by atoms with E-state index in [2.05, 4.69) is 15.1 Å². The van der Waals surface area contributed by atoms with Crippen molar-refractivity contribution in [2.45, 2.75) is 13.0 Å². The van der Waals surface area contributed by atoms with Gasteiger partial charge in [0.25, 0.3) is 0 Å². The van der Waals surface area contributed by atoms with Gasteiger partial charge in [0, 0.05) is 58.9 Å². The zero-order valence-corrected chi connectivity index (χ0v) is 11.0. The van der Waals surface area contributed by atoms with Gasteiger partial charge in [-0.3, -0.25) is 14.6 Å². The Labute approximate surface area is 104 Å². The Balaban J connectivity index is 1.66. The summed E-state index contributed by atoms with van der Waals surface area (Å²) in [4.78, 5) is 18.3. The molecule has 0 aliphatic carbocycles. The maximum atomic E-state index is 11.7. The molecule has 5 nitrogen and oxygen atoms in total. The van der Waals surface area contributed by atoms with Crippen LogP contribution in [0, 0.1) is 0 Å². The fraction of sp³-hybridized carbons (Fsp3) is 0.917. The zero-order valence-electron chi connectivity index (χ0n) is 11.0. The summed E-state index contributed by atoms with van der Waals surface area (Å²) in [6, 6.07) is 0.678. The SMILES string of the molecule is CCN(C)C(=O)CN1CC(N2CCNCC2)C1. The molecule has 2 fully saturated rings. The molecular formula is C12H24N4O. The highest BCUT2D eigenvalue weighted by Gasteiger charge is 2.33. The Morgan fingerprint density at radius 2 is 2.00 bits per heavy atom. The molecule has 0 aromatic rings. The number of amides is 1. The lowest BCUT2D eigenvalue weighted by atomic mass is 10.1. The fourth-order valence-corrected chi connectivity index (χ4v) is 2.44. The van der Waals surface area contributed by atoms with Gasteiger partial charge in [0.2, 0.25) is 5.91 Å². The number of carbonyl (C=O) groups is 1. The lowest BCUT2D eigenvalue weighted by Crippen LogP contribution is -2.63. The third-order valence-corrected chi connectivity index (χ3v) is 3.86. The highest BCUT2D eigenvalue weighted by molar-refractivity contribution is 5.78. The molecule has 0 atom stereocenters. The Bertz CT molecular complexity index is 259. The number of hydrogen-bond donors (Lipinski definition) is 1. The standard InChI is InChI=1S/C12H24N4O/c1-3-14(2)12(17)10-15-8-11(9-15)16-6-4-13-5-7-16/h11,13H,3-10H2,1-2H3. The van der Waals surface area contributed by atoms with Gasteiger partial charge in [-0.05, 0) is 6.92 Å². The first-order chi connectivity index (χ1) is 8.20. The van der Waals surface area contributed by atoms with Gasteiger partial charge in [-0.15, -0.1) is 0 Å². The fourth-order valence-electron chi connectivity index (χ4n) is 2.44. The summed E-state index contributed by atoms with van der Waals surface area (Å²) < 4.78 is 0. The molecule has 2 saturated heterocycles. The largest absolute Gasteiger partial charge is 0.345 e. The number of piperazine rings is 1. The van der Waals surface area contributed by atoms with Crippen LogP contribution in [-0.2, 0) is 4.79 Å². The quantitative estimate of drug-likeness (QED) is 0.688. The number of nitrogens with one attached hydrogen (secondary N) is 1. The van der Waals surface area contributed by atoms with Crippen LogP contribution in [0.1, 0.15) is 6.92 Å². The maximum absolute atomic E-state index is 11.7. The van der Waals surface area contributed by atoms with Gasteiger partial charge < -0.3 is 10.2 Å². The lowest BCUT2D eigenvalue weighted by molar-refractivity contribution is -0.133. The molecule has 2 aliphatic heterocycles. The number of likely N-dealkylation sites (tertiary alicyclic amines) is 1. The van der Waals surface area contributed by atoms with Crippen molar-refractivity contribution in [3.63, 3.8) is 0 Å². The molecule has 2 rings (SSSR count). The van der Waals surface area contributed by atoms with Crippen LogP contribution in [0.2, 0.25) is 0 Å². The van der Waals surface area contributed by atoms with Crippen molar-refractivity contribution >= 4 is 5.91 Å². The van der Waals surface area contributed by atoms with E-state index in [1.54, 1.807) is 4.90 Å². The van der Waals surface area contributed by atoms with Gasteiger partial charge in [-0.25, -0.2) is 0 Å². The lowest BCUT2D eigenvalue weighted by Gasteiger charge is -2.46. The van der Waals surface area contributed by atoms with E-state index in [-0.39, 0.29) is 5.91 Å². The van der Waals surface area contributed by atoms with Crippen LogP contribution >= 0.6 is 0 Å². The average Bonchev–Trinajstić information content (AvgIpc) is 2.33. The third-order valence-electron chi connectivity index (χ3n) is 3.86. The van der Waals surface area contributed by atoms with Crippen molar-refractivity contribution in [1.82, 2.24) is 20.0 Å². The molecule has 17 heavy (non-hydrogen) atoms. The van der Waals surface area contributed by atoms with Crippen LogP contribution in [-0.4, -0.2) is 86.1 Å². The minimum Gasteiger partial charge on any atom is -0.345 e. The predicted molar refractivity (Wildman–Crippen MR) is 68.0 cm³/mol. The summed E-state index contributed by atoms with van der Waals surface area (Å²) >= 11 is 0. The van der Waals surface area contributed by atoms with E-state index >= 15 is 0 Å². The Kier molecular flexibility index (Phi) is 4.36. The first-order valence-corrected chi connectivity index (χ1v) is 6.61. The Hall–Kier alpha value is -0.650. The van der Waals surface area contributed by atoms with Crippen molar-refractivity contribution in [2.75, 3.05) is 59.4 Å². The topological polar surface area (TPSA) is 38.8 Å². The smallest absolute Gasteiger partial charge is 0.236 e. The van der Waals surface area contributed by atoms with Crippen LogP contribution in [0.5, 0.6) is 0 Å². The molecule has 0 saturated carbocycles. The Morgan fingerprint density at radius 1 is 1.35 bits per heavy atom. The van der Waals surface area contributed by atoms with E-state index in [9.17, 15) is 4.79 Å². The summed E-state index contributed by atoms with van der Waals surface area (Å²) in [6.07, 6.45) is 0. The van der Waals surface area contributed by atoms with Crippen LogP contribution in [0.15, 0.2) is 0 Å². The summed E-state index contributed by atoms with van der Waals surface area (Å²) in [5, 5.41) is 3.37.